The molecule has 140 valence electrons. The Hall–Kier alpha value is -2.80. The van der Waals surface area contributed by atoms with Crippen molar-refractivity contribution in [2.24, 2.45) is 5.92 Å². The molecule has 0 fully saturated rings. The van der Waals surface area contributed by atoms with E-state index in [0.717, 1.165) is 17.0 Å². The lowest BCUT2D eigenvalue weighted by atomic mass is 10.1. The average molecular weight is 385 g/mol. The van der Waals surface area contributed by atoms with Crippen LogP contribution in [0.2, 0.25) is 0 Å². The van der Waals surface area contributed by atoms with Gasteiger partial charge >= 0.3 is 0 Å². The number of halogens is 1. The van der Waals surface area contributed by atoms with Crippen LogP contribution in [0.1, 0.15) is 34.8 Å². The summed E-state index contributed by atoms with van der Waals surface area (Å²) in [5.41, 5.74) is 1.22. The largest absolute Gasteiger partial charge is 0.488 e. The lowest BCUT2D eigenvalue weighted by molar-refractivity contribution is 0.102. The van der Waals surface area contributed by atoms with E-state index in [9.17, 15) is 9.18 Å². The molecule has 27 heavy (non-hydrogen) atoms. The lowest BCUT2D eigenvalue weighted by Crippen LogP contribution is -2.13. The highest BCUT2D eigenvalue weighted by molar-refractivity contribution is 7.15. The first-order chi connectivity index (χ1) is 13.0. The van der Waals surface area contributed by atoms with Crippen LogP contribution in [-0.2, 0) is 13.0 Å². The lowest BCUT2D eigenvalue weighted by Gasteiger charge is -2.11. The molecule has 2 aromatic carbocycles. The van der Waals surface area contributed by atoms with Crippen molar-refractivity contribution >= 4 is 22.4 Å². The van der Waals surface area contributed by atoms with Crippen molar-refractivity contribution in [3.05, 3.63) is 70.5 Å². The van der Waals surface area contributed by atoms with Gasteiger partial charge in [-0.3, -0.25) is 10.1 Å². The molecule has 3 aromatic rings. The highest BCUT2D eigenvalue weighted by Gasteiger charge is 2.15. The van der Waals surface area contributed by atoms with Crippen LogP contribution >= 0.6 is 11.3 Å². The molecule has 0 aliphatic rings. The van der Waals surface area contributed by atoms with Gasteiger partial charge in [-0.2, -0.15) is 0 Å². The Labute approximate surface area is 161 Å². The third-order valence-corrected chi connectivity index (χ3v) is 4.57. The molecular weight excluding hydrogens is 365 g/mol. The van der Waals surface area contributed by atoms with Crippen LogP contribution in [-0.4, -0.2) is 16.1 Å². The second kappa shape index (κ2) is 8.73. The minimum absolute atomic E-state index is 0.238. The van der Waals surface area contributed by atoms with Gasteiger partial charge in [-0.1, -0.05) is 49.4 Å². The van der Waals surface area contributed by atoms with Crippen molar-refractivity contribution in [3.8, 4) is 5.75 Å². The Kier molecular flexibility index (Phi) is 6.13. The van der Waals surface area contributed by atoms with Crippen molar-refractivity contribution in [2.45, 2.75) is 26.9 Å². The van der Waals surface area contributed by atoms with E-state index in [4.69, 9.17) is 4.74 Å². The number of hydrogen-bond acceptors (Lipinski definition) is 5. The molecule has 1 aromatic heterocycles. The van der Waals surface area contributed by atoms with Crippen molar-refractivity contribution in [3.63, 3.8) is 0 Å². The van der Waals surface area contributed by atoms with Gasteiger partial charge in [-0.25, -0.2) is 4.39 Å². The Morgan fingerprint density at radius 2 is 1.89 bits per heavy atom. The fourth-order valence-corrected chi connectivity index (χ4v) is 3.37. The summed E-state index contributed by atoms with van der Waals surface area (Å²) < 4.78 is 18.8. The number of nitrogens with zero attached hydrogens (tertiary/aromatic N) is 2. The maximum Gasteiger partial charge on any atom is 0.261 e. The summed E-state index contributed by atoms with van der Waals surface area (Å²) in [5, 5.41) is 12.3. The van der Waals surface area contributed by atoms with Crippen LogP contribution in [0, 0.1) is 11.7 Å². The van der Waals surface area contributed by atoms with Crippen molar-refractivity contribution in [1.29, 1.82) is 0 Å². The predicted octanol–water partition coefficient (Wildman–Crippen LogP) is 4.71. The maximum atomic E-state index is 13.0. The number of amides is 1. The molecule has 5 nitrogen and oxygen atoms in total. The van der Waals surface area contributed by atoms with Gasteiger partial charge in [0.05, 0.1) is 5.56 Å². The molecule has 1 heterocycles. The Bertz CT molecular complexity index is 910. The molecule has 3 rings (SSSR count). The molecule has 0 unspecified atom stereocenters. The fraction of sp³-hybridized carbons (Fsp3) is 0.250. The quantitative estimate of drug-likeness (QED) is 0.640. The number of carbonyl (C=O) groups is 1. The van der Waals surface area contributed by atoms with Gasteiger partial charge in [0.2, 0.25) is 5.13 Å². The Morgan fingerprint density at radius 1 is 1.15 bits per heavy atom. The first-order valence-electron chi connectivity index (χ1n) is 8.61. The number of benzene rings is 2. The molecule has 0 bridgehead atoms. The van der Waals surface area contributed by atoms with Crippen LogP contribution in [0.15, 0.2) is 48.5 Å². The number of rotatable bonds is 7. The molecule has 0 spiro atoms. The minimum Gasteiger partial charge on any atom is -0.488 e. The van der Waals surface area contributed by atoms with E-state index in [0.29, 0.717) is 22.4 Å². The van der Waals surface area contributed by atoms with Gasteiger partial charge in [0.25, 0.3) is 5.91 Å². The van der Waals surface area contributed by atoms with Gasteiger partial charge < -0.3 is 4.74 Å². The summed E-state index contributed by atoms with van der Waals surface area (Å²) in [6.07, 6.45) is 0.824. The molecule has 0 saturated heterocycles. The molecule has 0 atom stereocenters. The monoisotopic (exact) mass is 385 g/mol. The first-order valence-corrected chi connectivity index (χ1v) is 9.43. The zero-order valence-corrected chi connectivity index (χ0v) is 15.9. The number of carbonyl (C=O) groups excluding carboxylic acids is 1. The number of anilines is 1. The Morgan fingerprint density at radius 3 is 2.63 bits per heavy atom. The minimum atomic E-state index is -0.308. The molecule has 0 aliphatic heterocycles. The molecule has 1 amide bonds. The highest BCUT2D eigenvalue weighted by atomic mass is 32.1. The van der Waals surface area contributed by atoms with Gasteiger partial charge in [0.1, 0.15) is 23.2 Å². The van der Waals surface area contributed by atoms with Crippen LogP contribution < -0.4 is 10.1 Å². The van der Waals surface area contributed by atoms with E-state index < -0.39 is 0 Å². The zero-order valence-electron chi connectivity index (χ0n) is 15.1. The summed E-state index contributed by atoms with van der Waals surface area (Å²) in [6.45, 7) is 4.45. The van der Waals surface area contributed by atoms with Crippen molar-refractivity contribution in [2.75, 3.05) is 5.32 Å². The second-order valence-corrected chi connectivity index (χ2v) is 7.53. The third kappa shape index (κ3) is 5.34. The fourth-order valence-electron chi connectivity index (χ4n) is 2.42. The number of ether oxygens (including phenoxy) is 1. The summed E-state index contributed by atoms with van der Waals surface area (Å²) in [5.74, 6) is 0.317. The van der Waals surface area contributed by atoms with Gasteiger partial charge in [0, 0.05) is 6.42 Å². The van der Waals surface area contributed by atoms with Crippen LogP contribution in [0.4, 0.5) is 9.52 Å². The molecule has 0 radical (unpaired) electrons. The standard InChI is InChI=1S/C20H20FN3O2S/c1-13(2)11-18-23-24-20(27-18)22-19(25)16-5-3-4-6-17(16)26-12-14-7-9-15(21)10-8-14/h3-10,13H,11-12H2,1-2H3,(H,22,24,25). The van der Waals surface area contributed by atoms with E-state index in [-0.39, 0.29) is 18.3 Å². The van der Waals surface area contributed by atoms with Crippen LogP contribution in [0.5, 0.6) is 5.75 Å². The summed E-state index contributed by atoms with van der Waals surface area (Å²) in [4.78, 5) is 12.6. The topological polar surface area (TPSA) is 64.1 Å². The van der Waals surface area contributed by atoms with E-state index in [2.05, 4.69) is 29.4 Å². The van der Waals surface area contributed by atoms with Crippen LogP contribution in [0.25, 0.3) is 0 Å². The average Bonchev–Trinajstić information content (AvgIpc) is 3.07. The van der Waals surface area contributed by atoms with E-state index in [1.165, 1.54) is 23.5 Å². The summed E-state index contributed by atoms with van der Waals surface area (Å²) in [7, 11) is 0. The number of aromatic nitrogens is 2. The summed E-state index contributed by atoms with van der Waals surface area (Å²) in [6, 6.07) is 13.0. The SMILES string of the molecule is CC(C)Cc1nnc(NC(=O)c2ccccc2OCc2ccc(F)cc2)s1. The van der Waals surface area contributed by atoms with E-state index in [1.807, 2.05) is 0 Å². The van der Waals surface area contributed by atoms with E-state index in [1.54, 1.807) is 36.4 Å². The smallest absolute Gasteiger partial charge is 0.261 e. The first kappa shape index (κ1) is 19.0. The van der Waals surface area contributed by atoms with Crippen LogP contribution in [0.3, 0.4) is 0 Å². The molecule has 0 aliphatic carbocycles. The summed E-state index contributed by atoms with van der Waals surface area (Å²) >= 11 is 1.37. The second-order valence-electron chi connectivity index (χ2n) is 6.46. The van der Waals surface area contributed by atoms with Crippen molar-refractivity contribution < 1.29 is 13.9 Å². The molecule has 1 N–H and O–H groups in total. The van der Waals surface area contributed by atoms with Gasteiger partial charge in [-0.05, 0) is 35.7 Å². The Balaban J connectivity index is 1.68. The molecule has 0 saturated carbocycles. The normalized spacial score (nSPS) is 10.8. The maximum absolute atomic E-state index is 13.0. The number of para-hydroxylation sites is 1. The number of nitrogens with one attached hydrogen (secondary N) is 1. The number of hydrogen-bond donors (Lipinski definition) is 1. The zero-order chi connectivity index (χ0) is 19.2. The van der Waals surface area contributed by atoms with Gasteiger partial charge in [-0.15, -0.1) is 10.2 Å². The van der Waals surface area contributed by atoms with E-state index >= 15 is 0 Å². The third-order valence-electron chi connectivity index (χ3n) is 3.71. The highest BCUT2D eigenvalue weighted by Crippen LogP contribution is 2.23. The molecule has 7 heteroatoms. The predicted molar refractivity (Wildman–Crippen MR) is 104 cm³/mol. The van der Waals surface area contributed by atoms with Gasteiger partial charge in [0.15, 0.2) is 0 Å². The van der Waals surface area contributed by atoms with Crippen molar-refractivity contribution in [1.82, 2.24) is 10.2 Å². The molecular formula is C20H20FN3O2S.